The number of nitrogens with one attached hydrogen (secondary N) is 1. The van der Waals surface area contributed by atoms with Gasteiger partial charge in [0.05, 0.1) is 21.3 Å². The number of aromatic nitrogens is 1. The Hall–Kier alpha value is -2.69. The zero-order chi connectivity index (χ0) is 16.4. The van der Waals surface area contributed by atoms with Crippen LogP contribution in [0.5, 0.6) is 11.5 Å². The number of aryl methyl sites for hydroxylation is 1. The molecule has 0 aliphatic heterocycles. The highest BCUT2D eigenvalue weighted by atomic mass is 16.5. The molecule has 0 spiro atoms. The third-order valence-corrected chi connectivity index (χ3v) is 4.04. The number of fused-ring (bicyclic) bond motifs is 1. The molecule has 1 N–H and O–H groups in total. The lowest BCUT2D eigenvalue weighted by Crippen LogP contribution is -2.01. The Balaban J connectivity index is 1.94. The van der Waals surface area contributed by atoms with E-state index in [9.17, 15) is 4.79 Å². The number of allylic oxidation sites excluding steroid dienone is 1. The van der Waals surface area contributed by atoms with Crippen LogP contribution in [0.4, 0.5) is 0 Å². The molecule has 3 rings (SSSR count). The summed E-state index contributed by atoms with van der Waals surface area (Å²) in [6, 6.07) is 7.68. The first-order valence-electron chi connectivity index (χ1n) is 7.39. The van der Waals surface area contributed by atoms with Crippen molar-refractivity contribution < 1.29 is 19.0 Å². The van der Waals surface area contributed by atoms with Gasteiger partial charge in [-0.3, -0.25) is 0 Å². The molecule has 2 aromatic rings. The highest BCUT2D eigenvalue weighted by molar-refractivity contribution is 5.92. The van der Waals surface area contributed by atoms with Crippen LogP contribution in [0.1, 0.15) is 33.7 Å². The molecular weight excluding hydrogens is 294 g/mol. The molecule has 5 nitrogen and oxygen atoms in total. The zero-order valence-corrected chi connectivity index (χ0v) is 13.4. The summed E-state index contributed by atoms with van der Waals surface area (Å²) >= 11 is 0. The lowest BCUT2D eigenvalue weighted by Gasteiger charge is -2.08. The Bertz CT molecular complexity index is 773. The van der Waals surface area contributed by atoms with Crippen LogP contribution in [-0.2, 0) is 11.2 Å². The van der Waals surface area contributed by atoms with E-state index in [4.69, 9.17) is 14.2 Å². The van der Waals surface area contributed by atoms with Crippen LogP contribution in [-0.4, -0.2) is 32.3 Å². The molecule has 0 fully saturated rings. The molecule has 0 bridgehead atoms. The molecule has 0 atom stereocenters. The number of esters is 1. The Morgan fingerprint density at radius 3 is 2.57 bits per heavy atom. The van der Waals surface area contributed by atoms with Crippen molar-refractivity contribution in [1.82, 2.24) is 4.98 Å². The molecule has 0 saturated carbocycles. The average molecular weight is 313 g/mol. The molecule has 1 aromatic heterocycles. The van der Waals surface area contributed by atoms with E-state index in [2.05, 4.69) is 11.1 Å². The summed E-state index contributed by atoms with van der Waals surface area (Å²) in [4.78, 5) is 14.8. The summed E-state index contributed by atoms with van der Waals surface area (Å²) in [5.41, 5.74) is 4.89. The van der Waals surface area contributed by atoms with Crippen LogP contribution >= 0.6 is 0 Å². The largest absolute Gasteiger partial charge is 0.493 e. The predicted molar refractivity (Wildman–Crippen MR) is 87.9 cm³/mol. The molecule has 5 heteroatoms. The van der Waals surface area contributed by atoms with Crippen molar-refractivity contribution in [2.75, 3.05) is 21.3 Å². The van der Waals surface area contributed by atoms with Crippen molar-refractivity contribution in [3.05, 3.63) is 46.8 Å². The van der Waals surface area contributed by atoms with Crippen LogP contribution < -0.4 is 9.47 Å². The third-order valence-electron chi connectivity index (χ3n) is 4.04. The smallest absolute Gasteiger partial charge is 0.354 e. The van der Waals surface area contributed by atoms with E-state index in [1.165, 1.54) is 12.7 Å². The second-order valence-corrected chi connectivity index (χ2v) is 5.35. The van der Waals surface area contributed by atoms with E-state index >= 15 is 0 Å². The molecule has 23 heavy (non-hydrogen) atoms. The molecule has 0 unspecified atom stereocenters. The van der Waals surface area contributed by atoms with Crippen LogP contribution in [0.3, 0.4) is 0 Å². The highest BCUT2D eigenvalue weighted by Gasteiger charge is 2.22. The number of methoxy groups -OCH3 is 3. The van der Waals surface area contributed by atoms with Gasteiger partial charge >= 0.3 is 5.97 Å². The van der Waals surface area contributed by atoms with E-state index in [1.54, 1.807) is 14.2 Å². The number of benzene rings is 1. The monoisotopic (exact) mass is 313 g/mol. The van der Waals surface area contributed by atoms with Gasteiger partial charge in [-0.2, -0.15) is 0 Å². The third kappa shape index (κ3) is 2.82. The molecule has 1 aliphatic carbocycles. The minimum absolute atomic E-state index is 0.343. The Kier molecular flexibility index (Phi) is 4.10. The number of rotatable bonds is 4. The minimum Gasteiger partial charge on any atom is -0.493 e. The van der Waals surface area contributed by atoms with Crippen LogP contribution in [0.25, 0.3) is 11.6 Å². The van der Waals surface area contributed by atoms with Crippen molar-refractivity contribution in [1.29, 1.82) is 0 Å². The number of hydrogen-bond donors (Lipinski definition) is 1. The van der Waals surface area contributed by atoms with E-state index in [1.807, 2.05) is 24.3 Å². The number of hydrogen-bond acceptors (Lipinski definition) is 4. The van der Waals surface area contributed by atoms with Gasteiger partial charge in [-0.05, 0) is 47.7 Å². The van der Waals surface area contributed by atoms with Crippen molar-refractivity contribution in [3.63, 3.8) is 0 Å². The van der Waals surface area contributed by atoms with Gasteiger partial charge in [0.15, 0.2) is 11.5 Å². The second kappa shape index (κ2) is 6.20. The molecule has 1 aliphatic rings. The Morgan fingerprint density at radius 1 is 1.09 bits per heavy atom. The fourth-order valence-electron chi connectivity index (χ4n) is 2.89. The van der Waals surface area contributed by atoms with E-state index in [0.717, 1.165) is 29.7 Å². The molecule has 0 radical (unpaired) electrons. The number of carbonyl (C=O) groups is 1. The standard InChI is InChI=1S/C18H19NO4/c1-21-16-7-4-11(9-17(16)22-2)8-12-5-6-14-13(12)10-15(19-14)18(20)23-3/h4,7-10,19H,5-6H2,1-3H3/b12-8+. The Labute approximate surface area is 134 Å². The predicted octanol–water partition coefficient (Wildman–Crippen LogP) is 3.31. The van der Waals surface area contributed by atoms with Gasteiger partial charge in [-0.25, -0.2) is 4.79 Å². The molecule has 0 amide bonds. The van der Waals surface area contributed by atoms with Crippen LogP contribution in [0.2, 0.25) is 0 Å². The summed E-state index contributed by atoms with van der Waals surface area (Å²) in [5.74, 6) is 1.06. The highest BCUT2D eigenvalue weighted by Crippen LogP contribution is 2.35. The van der Waals surface area contributed by atoms with Crippen molar-refractivity contribution >= 4 is 17.6 Å². The first-order valence-corrected chi connectivity index (χ1v) is 7.39. The van der Waals surface area contributed by atoms with Gasteiger partial charge in [0.25, 0.3) is 0 Å². The topological polar surface area (TPSA) is 60.6 Å². The summed E-state index contributed by atoms with van der Waals surface area (Å²) < 4.78 is 15.4. The number of carbonyl (C=O) groups excluding carboxylic acids is 1. The maximum absolute atomic E-state index is 11.6. The second-order valence-electron chi connectivity index (χ2n) is 5.35. The summed E-state index contributed by atoms with van der Waals surface area (Å²) in [6.07, 6.45) is 3.95. The summed E-state index contributed by atoms with van der Waals surface area (Å²) in [7, 11) is 4.62. The first kappa shape index (κ1) is 15.2. The van der Waals surface area contributed by atoms with Gasteiger partial charge < -0.3 is 19.2 Å². The SMILES string of the molecule is COC(=O)c1cc2c([nH]1)CC/C2=C\c1ccc(OC)c(OC)c1. The van der Waals surface area contributed by atoms with Gasteiger partial charge in [0.1, 0.15) is 5.69 Å². The van der Waals surface area contributed by atoms with Crippen LogP contribution in [0, 0.1) is 0 Å². The quantitative estimate of drug-likeness (QED) is 0.880. The fraction of sp³-hybridized carbons (Fsp3) is 0.278. The molecule has 1 aromatic carbocycles. The van der Waals surface area contributed by atoms with E-state index in [-0.39, 0.29) is 5.97 Å². The molecule has 1 heterocycles. The van der Waals surface area contributed by atoms with E-state index < -0.39 is 0 Å². The first-order chi connectivity index (χ1) is 11.2. The number of ether oxygens (including phenoxy) is 3. The maximum Gasteiger partial charge on any atom is 0.354 e. The summed E-state index contributed by atoms with van der Waals surface area (Å²) in [6.45, 7) is 0. The normalized spacial score (nSPS) is 14.7. The summed E-state index contributed by atoms with van der Waals surface area (Å²) in [5, 5.41) is 0. The Morgan fingerprint density at radius 2 is 1.87 bits per heavy atom. The number of H-pyrrole nitrogens is 1. The molecule has 0 saturated heterocycles. The van der Waals surface area contributed by atoms with Crippen molar-refractivity contribution in [3.8, 4) is 11.5 Å². The molecular formula is C18H19NO4. The van der Waals surface area contributed by atoms with Gasteiger partial charge in [-0.1, -0.05) is 12.1 Å². The zero-order valence-electron chi connectivity index (χ0n) is 13.4. The lowest BCUT2D eigenvalue weighted by atomic mass is 10.1. The maximum atomic E-state index is 11.6. The number of aromatic amines is 1. The van der Waals surface area contributed by atoms with Gasteiger partial charge in [-0.15, -0.1) is 0 Å². The molecule has 120 valence electrons. The average Bonchev–Trinajstić information content (AvgIpc) is 3.16. The lowest BCUT2D eigenvalue weighted by molar-refractivity contribution is 0.0594. The van der Waals surface area contributed by atoms with Crippen LogP contribution in [0.15, 0.2) is 24.3 Å². The van der Waals surface area contributed by atoms with Crippen molar-refractivity contribution in [2.45, 2.75) is 12.8 Å². The fourth-order valence-corrected chi connectivity index (χ4v) is 2.89. The van der Waals surface area contributed by atoms with Crippen molar-refractivity contribution in [2.24, 2.45) is 0 Å². The van der Waals surface area contributed by atoms with Gasteiger partial charge in [0.2, 0.25) is 0 Å². The van der Waals surface area contributed by atoms with E-state index in [0.29, 0.717) is 17.2 Å². The minimum atomic E-state index is -0.343. The van der Waals surface area contributed by atoms with Gasteiger partial charge in [0, 0.05) is 5.69 Å².